The van der Waals surface area contributed by atoms with Gasteiger partial charge in [-0.15, -0.1) is 0 Å². The second-order valence-electron chi connectivity index (χ2n) is 9.21. The van der Waals surface area contributed by atoms with Crippen molar-refractivity contribution in [2.24, 2.45) is 0 Å². The molecule has 1 aliphatic rings. The van der Waals surface area contributed by atoms with Crippen molar-refractivity contribution in [2.45, 2.75) is 32.7 Å². The fourth-order valence-electron chi connectivity index (χ4n) is 4.50. The third kappa shape index (κ3) is 5.68. The highest BCUT2D eigenvalue weighted by Crippen LogP contribution is 2.22. The van der Waals surface area contributed by atoms with E-state index in [2.05, 4.69) is 25.8 Å². The molecule has 2 aromatic heterocycles. The number of carbonyl (C=O) groups excluding carboxylic acids is 2. The molecule has 5 rings (SSSR count). The van der Waals surface area contributed by atoms with Crippen molar-refractivity contribution in [3.63, 3.8) is 0 Å². The molecule has 3 heterocycles. The number of carbonyl (C=O) groups is 2. The van der Waals surface area contributed by atoms with Crippen LogP contribution in [0.1, 0.15) is 45.0 Å². The minimum absolute atomic E-state index is 0.00420. The van der Waals surface area contributed by atoms with Crippen LogP contribution in [0.2, 0.25) is 5.02 Å². The van der Waals surface area contributed by atoms with Crippen molar-refractivity contribution in [2.75, 3.05) is 18.4 Å². The third-order valence-corrected chi connectivity index (χ3v) is 6.81. The van der Waals surface area contributed by atoms with Crippen LogP contribution in [0, 0.1) is 13.8 Å². The SMILES string of the molecule is Cc1noc(C)c1C(=O)NC1CCN(C(=O)c2ccc(Nc3nccc(-c4ccc(Cl)cc4)n3)cc2)CC1. The van der Waals surface area contributed by atoms with Gasteiger partial charge in [-0.1, -0.05) is 28.9 Å². The number of aryl methyl sites for hydroxylation is 2. The first kappa shape index (κ1) is 25.4. The Morgan fingerprint density at radius 1 is 1.00 bits per heavy atom. The Hall–Kier alpha value is -4.24. The molecule has 0 atom stereocenters. The standard InChI is InChI=1S/C28H27ClN6O3/c1-17-25(18(2)38-34-17)26(36)31-23-12-15-35(16-13-23)27(37)20-5-9-22(10-6-20)32-28-30-14-11-24(33-28)19-3-7-21(29)8-4-19/h3-11,14,23H,12-13,15-16H2,1-2H3,(H,31,36)(H,30,32,33). The van der Waals surface area contributed by atoms with Gasteiger partial charge in [-0.25, -0.2) is 9.97 Å². The second-order valence-corrected chi connectivity index (χ2v) is 9.65. The van der Waals surface area contributed by atoms with Crippen LogP contribution in [0.3, 0.4) is 0 Å². The Kier molecular flexibility index (Phi) is 7.37. The summed E-state index contributed by atoms with van der Waals surface area (Å²) in [6.07, 6.45) is 3.06. The van der Waals surface area contributed by atoms with Gasteiger partial charge in [0.1, 0.15) is 11.3 Å². The van der Waals surface area contributed by atoms with Crippen LogP contribution in [0.4, 0.5) is 11.6 Å². The molecule has 1 aliphatic heterocycles. The number of halogens is 1. The summed E-state index contributed by atoms with van der Waals surface area (Å²) in [7, 11) is 0. The number of nitrogens with one attached hydrogen (secondary N) is 2. The van der Waals surface area contributed by atoms with Gasteiger partial charge in [-0.3, -0.25) is 9.59 Å². The molecule has 1 fully saturated rings. The first-order chi connectivity index (χ1) is 18.4. The number of piperidine rings is 1. The summed E-state index contributed by atoms with van der Waals surface area (Å²) >= 11 is 5.98. The summed E-state index contributed by atoms with van der Waals surface area (Å²) in [5.74, 6) is 0.744. The largest absolute Gasteiger partial charge is 0.361 e. The van der Waals surface area contributed by atoms with Gasteiger partial charge in [0.2, 0.25) is 5.95 Å². The molecule has 0 unspecified atom stereocenters. The summed E-state index contributed by atoms with van der Waals surface area (Å²) < 4.78 is 5.09. The lowest BCUT2D eigenvalue weighted by molar-refractivity contribution is 0.0698. The zero-order valence-electron chi connectivity index (χ0n) is 21.1. The van der Waals surface area contributed by atoms with Crippen LogP contribution < -0.4 is 10.6 Å². The van der Waals surface area contributed by atoms with Crippen molar-refractivity contribution in [3.05, 3.63) is 88.4 Å². The van der Waals surface area contributed by atoms with Crippen LogP contribution in [0.15, 0.2) is 65.3 Å². The number of anilines is 2. The quantitative estimate of drug-likeness (QED) is 0.353. The monoisotopic (exact) mass is 530 g/mol. The lowest BCUT2D eigenvalue weighted by Gasteiger charge is -2.32. The van der Waals surface area contributed by atoms with Gasteiger partial charge in [0.15, 0.2) is 0 Å². The number of hydrogen-bond donors (Lipinski definition) is 2. The molecule has 0 aliphatic carbocycles. The van der Waals surface area contributed by atoms with Crippen LogP contribution >= 0.6 is 11.6 Å². The molecule has 4 aromatic rings. The van der Waals surface area contributed by atoms with Gasteiger partial charge < -0.3 is 20.1 Å². The van der Waals surface area contributed by atoms with E-state index in [1.54, 1.807) is 32.2 Å². The average Bonchev–Trinajstić information content (AvgIpc) is 3.27. The summed E-state index contributed by atoms with van der Waals surface area (Å²) in [6.45, 7) is 4.61. The zero-order valence-corrected chi connectivity index (χ0v) is 21.8. The molecule has 2 amide bonds. The number of rotatable bonds is 6. The van der Waals surface area contributed by atoms with E-state index in [0.29, 0.717) is 59.5 Å². The smallest absolute Gasteiger partial charge is 0.257 e. The van der Waals surface area contributed by atoms with Crippen molar-refractivity contribution >= 4 is 35.1 Å². The summed E-state index contributed by atoms with van der Waals surface area (Å²) in [4.78, 5) is 36.4. The molecule has 2 N–H and O–H groups in total. The molecule has 194 valence electrons. The van der Waals surface area contributed by atoms with Crippen molar-refractivity contribution in [1.29, 1.82) is 0 Å². The normalized spacial score (nSPS) is 13.8. The fourth-order valence-corrected chi connectivity index (χ4v) is 4.63. The maximum Gasteiger partial charge on any atom is 0.257 e. The molecule has 0 radical (unpaired) electrons. The highest BCUT2D eigenvalue weighted by atomic mass is 35.5. The number of likely N-dealkylation sites (tertiary alicyclic amines) is 1. The Labute approximate surface area is 225 Å². The number of aromatic nitrogens is 3. The highest BCUT2D eigenvalue weighted by Gasteiger charge is 2.26. The molecule has 1 saturated heterocycles. The Morgan fingerprint density at radius 3 is 2.37 bits per heavy atom. The van der Waals surface area contributed by atoms with E-state index in [1.807, 2.05) is 47.4 Å². The molecule has 10 heteroatoms. The molecular weight excluding hydrogens is 504 g/mol. The number of hydrogen-bond acceptors (Lipinski definition) is 7. The average molecular weight is 531 g/mol. The maximum atomic E-state index is 13.1. The molecule has 0 bridgehead atoms. The molecule has 9 nitrogen and oxygen atoms in total. The van der Waals surface area contributed by atoms with Crippen LogP contribution in [-0.2, 0) is 0 Å². The topological polar surface area (TPSA) is 113 Å². The third-order valence-electron chi connectivity index (χ3n) is 6.56. The Balaban J connectivity index is 1.16. The summed E-state index contributed by atoms with van der Waals surface area (Å²) in [6, 6.07) is 16.5. The van der Waals surface area contributed by atoms with Gasteiger partial charge in [0.05, 0.1) is 11.4 Å². The zero-order chi connectivity index (χ0) is 26.6. The highest BCUT2D eigenvalue weighted by molar-refractivity contribution is 6.30. The van der Waals surface area contributed by atoms with Gasteiger partial charge in [0, 0.05) is 47.2 Å². The molecule has 38 heavy (non-hydrogen) atoms. The molecule has 0 spiro atoms. The number of amides is 2. The van der Waals surface area contributed by atoms with Crippen molar-refractivity contribution < 1.29 is 14.1 Å². The number of benzene rings is 2. The van der Waals surface area contributed by atoms with Crippen molar-refractivity contribution in [3.8, 4) is 11.3 Å². The van der Waals surface area contributed by atoms with Crippen LogP contribution in [0.25, 0.3) is 11.3 Å². The van der Waals surface area contributed by atoms with E-state index in [0.717, 1.165) is 16.9 Å². The van der Waals surface area contributed by atoms with Crippen molar-refractivity contribution in [1.82, 2.24) is 25.3 Å². The Bertz CT molecular complexity index is 1420. The number of nitrogens with zero attached hydrogens (tertiary/aromatic N) is 4. The Morgan fingerprint density at radius 2 is 1.71 bits per heavy atom. The van der Waals surface area contributed by atoms with Gasteiger partial charge >= 0.3 is 0 Å². The fraction of sp³-hybridized carbons (Fsp3) is 0.250. The van der Waals surface area contributed by atoms with E-state index >= 15 is 0 Å². The predicted molar refractivity (Wildman–Crippen MR) is 145 cm³/mol. The molecule has 2 aromatic carbocycles. The van der Waals surface area contributed by atoms with Gasteiger partial charge in [-0.05, 0) is 69.2 Å². The van der Waals surface area contributed by atoms with Gasteiger partial charge in [0.25, 0.3) is 11.8 Å². The van der Waals surface area contributed by atoms with E-state index < -0.39 is 0 Å². The first-order valence-electron chi connectivity index (χ1n) is 12.4. The maximum absolute atomic E-state index is 13.1. The van der Waals surface area contributed by atoms with E-state index in [-0.39, 0.29) is 17.9 Å². The lowest BCUT2D eigenvalue weighted by atomic mass is 10.0. The van der Waals surface area contributed by atoms with E-state index in [1.165, 1.54) is 0 Å². The summed E-state index contributed by atoms with van der Waals surface area (Å²) in [5.41, 5.74) is 4.15. The minimum Gasteiger partial charge on any atom is -0.361 e. The van der Waals surface area contributed by atoms with Gasteiger partial charge in [-0.2, -0.15) is 0 Å². The van der Waals surface area contributed by atoms with E-state index in [9.17, 15) is 9.59 Å². The van der Waals surface area contributed by atoms with Crippen LogP contribution in [-0.4, -0.2) is 51.0 Å². The summed E-state index contributed by atoms with van der Waals surface area (Å²) in [5, 5.41) is 10.7. The first-order valence-corrected chi connectivity index (χ1v) is 12.7. The second kappa shape index (κ2) is 11.0. The minimum atomic E-state index is -0.184. The van der Waals surface area contributed by atoms with Crippen LogP contribution in [0.5, 0.6) is 0 Å². The molecular formula is C28H27ClN6O3. The lowest BCUT2D eigenvalue weighted by Crippen LogP contribution is -2.46. The van der Waals surface area contributed by atoms with E-state index in [4.69, 9.17) is 16.1 Å². The predicted octanol–water partition coefficient (Wildman–Crippen LogP) is 5.18. The molecule has 0 saturated carbocycles.